The molecule has 3 aromatic carbocycles. The van der Waals surface area contributed by atoms with Gasteiger partial charge in [-0.05, 0) is 53.7 Å². The third-order valence-corrected chi connectivity index (χ3v) is 4.80. The molecule has 3 rings (SSSR count). The maximum atomic E-state index is 11.2. The summed E-state index contributed by atoms with van der Waals surface area (Å²) >= 11 is 0. The summed E-state index contributed by atoms with van der Waals surface area (Å²) in [5, 5.41) is 2.57. The molecule has 126 valence electrons. The second-order valence-corrected chi connectivity index (χ2v) is 7.00. The number of rotatable bonds is 4. The van der Waals surface area contributed by atoms with Crippen LogP contribution in [0.4, 0.5) is 5.69 Å². The molecular weight excluding hydrogens is 329 g/mol. The van der Waals surface area contributed by atoms with E-state index in [9.17, 15) is 9.46 Å². The van der Waals surface area contributed by atoms with E-state index in [0.717, 1.165) is 27.8 Å². The van der Waals surface area contributed by atoms with Crippen molar-refractivity contribution in [2.75, 3.05) is 5.09 Å². The second kappa shape index (κ2) is 7.18. The average Bonchev–Trinajstić information content (AvgIpc) is 2.57. The van der Waals surface area contributed by atoms with Gasteiger partial charge in [-0.15, -0.1) is 0 Å². The molecule has 0 bridgehead atoms. The number of hydrogen-bond acceptors (Lipinski definition) is 2. The van der Waals surface area contributed by atoms with Gasteiger partial charge >= 0.3 is 8.18 Å². The number of nitrogens with one attached hydrogen (secondary N) is 1. The monoisotopic (exact) mass is 349 g/mol. The standard InChI is InChI=1S/C21H20NO2P/c1-14-4-8-17(9-5-14)19-12-13-20(22-25(23)24)21(16(19)3)18-10-6-15(2)7-11-18/h4-13H,1-3H3,(H,22,23,24). The molecule has 3 aromatic rings. The lowest BCUT2D eigenvalue weighted by Crippen LogP contribution is -2.00. The largest absolute Gasteiger partial charge is 0.573 e. The molecule has 0 aliphatic rings. The lowest BCUT2D eigenvalue weighted by atomic mass is 9.91. The molecule has 0 saturated heterocycles. The number of benzene rings is 3. The number of hydrogen-bond donors (Lipinski definition) is 1. The molecule has 0 amide bonds. The molecule has 0 aromatic heterocycles. The van der Waals surface area contributed by atoms with Gasteiger partial charge in [-0.25, -0.2) is 0 Å². The quantitative estimate of drug-likeness (QED) is 0.644. The minimum Gasteiger partial charge on any atom is -0.573 e. The van der Waals surface area contributed by atoms with Crippen molar-refractivity contribution < 1.29 is 9.46 Å². The summed E-state index contributed by atoms with van der Waals surface area (Å²) in [6.45, 7) is 6.13. The van der Waals surface area contributed by atoms with Crippen molar-refractivity contribution in [3.8, 4) is 22.3 Å². The van der Waals surface area contributed by atoms with Crippen LogP contribution in [0.2, 0.25) is 0 Å². The van der Waals surface area contributed by atoms with Crippen molar-refractivity contribution >= 4 is 13.9 Å². The van der Waals surface area contributed by atoms with E-state index in [1.54, 1.807) is 0 Å². The first-order valence-electron chi connectivity index (χ1n) is 8.14. The topological polar surface area (TPSA) is 52.2 Å². The molecule has 0 fully saturated rings. The second-order valence-electron chi connectivity index (χ2n) is 6.26. The highest BCUT2D eigenvalue weighted by molar-refractivity contribution is 7.38. The zero-order valence-electron chi connectivity index (χ0n) is 14.5. The summed E-state index contributed by atoms with van der Waals surface area (Å²) in [5.41, 5.74) is 8.16. The van der Waals surface area contributed by atoms with Crippen molar-refractivity contribution in [2.24, 2.45) is 0 Å². The molecule has 0 saturated carbocycles. The fourth-order valence-corrected chi connectivity index (χ4v) is 3.42. The minimum absolute atomic E-state index is 0.605. The van der Waals surface area contributed by atoms with Crippen LogP contribution in [0.15, 0.2) is 60.7 Å². The van der Waals surface area contributed by atoms with Gasteiger partial charge in [-0.3, -0.25) is 0 Å². The fraction of sp³-hybridized carbons (Fsp3) is 0.143. The smallest absolute Gasteiger partial charge is 0.437 e. The Labute approximate surface area is 149 Å². The Morgan fingerprint density at radius 2 is 1.28 bits per heavy atom. The van der Waals surface area contributed by atoms with Gasteiger partial charge in [0, 0.05) is 5.56 Å². The van der Waals surface area contributed by atoms with Gasteiger partial charge < -0.3 is 4.89 Å². The van der Waals surface area contributed by atoms with E-state index in [-0.39, 0.29) is 0 Å². The zero-order valence-corrected chi connectivity index (χ0v) is 15.4. The van der Waals surface area contributed by atoms with E-state index in [4.69, 9.17) is 0 Å². The lowest BCUT2D eigenvalue weighted by Gasteiger charge is -2.16. The Balaban J connectivity index is 2.20. The van der Waals surface area contributed by atoms with Crippen LogP contribution in [0.25, 0.3) is 22.3 Å². The number of anilines is 1. The highest BCUT2D eigenvalue weighted by Crippen LogP contribution is 2.39. The summed E-state index contributed by atoms with van der Waals surface area (Å²) in [5.74, 6) is 0. The van der Waals surface area contributed by atoms with Gasteiger partial charge in [0.2, 0.25) is 0 Å². The van der Waals surface area contributed by atoms with Crippen molar-refractivity contribution in [2.45, 2.75) is 20.8 Å². The highest BCUT2D eigenvalue weighted by Gasteiger charge is 2.16. The Hall–Kier alpha value is -2.48. The van der Waals surface area contributed by atoms with Gasteiger partial charge in [-0.1, -0.05) is 65.7 Å². The molecule has 1 unspecified atom stereocenters. The third-order valence-electron chi connectivity index (χ3n) is 4.38. The molecule has 0 spiro atoms. The average molecular weight is 349 g/mol. The van der Waals surface area contributed by atoms with Crippen LogP contribution in [-0.2, 0) is 4.57 Å². The molecule has 25 heavy (non-hydrogen) atoms. The number of aryl methyl sites for hydroxylation is 2. The molecule has 0 aliphatic carbocycles. The summed E-state index contributed by atoms with van der Waals surface area (Å²) < 4.78 is 11.2. The fourth-order valence-electron chi connectivity index (χ4n) is 3.04. The first-order chi connectivity index (χ1) is 12.0. The molecule has 0 heterocycles. The predicted octanol–water partition coefficient (Wildman–Crippen LogP) is 5.38. The van der Waals surface area contributed by atoms with E-state index < -0.39 is 8.18 Å². The summed E-state index contributed by atoms with van der Waals surface area (Å²) in [6, 6.07) is 20.3. The van der Waals surface area contributed by atoms with Crippen LogP contribution in [0, 0.1) is 20.8 Å². The van der Waals surface area contributed by atoms with Gasteiger partial charge in [-0.2, -0.15) is 5.09 Å². The summed E-state index contributed by atoms with van der Waals surface area (Å²) in [7, 11) is -2.72. The van der Waals surface area contributed by atoms with Crippen LogP contribution >= 0.6 is 8.18 Å². The zero-order chi connectivity index (χ0) is 18.0. The van der Waals surface area contributed by atoms with E-state index in [0.29, 0.717) is 5.69 Å². The Morgan fingerprint density at radius 3 is 1.80 bits per heavy atom. The molecule has 4 heteroatoms. The lowest BCUT2D eigenvalue weighted by molar-refractivity contribution is -0.162. The molecule has 1 atom stereocenters. The third kappa shape index (κ3) is 3.79. The van der Waals surface area contributed by atoms with Crippen LogP contribution in [0.5, 0.6) is 0 Å². The molecule has 0 radical (unpaired) electrons. The van der Waals surface area contributed by atoms with Crippen molar-refractivity contribution in [3.05, 3.63) is 77.4 Å². The van der Waals surface area contributed by atoms with Crippen LogP contribution < -0.4 is 9.98 Å². The van der Waals surface area contributed by atoms with Gasteiger partial charge in [0.25, 0.3) is 0 Å². The Kier molecular flexibility index (Phi) is 4.98. The molecule has 3 nitrogen and oxygen atoms in total. The van der Waals surface area contributed by atoms with E-state index >= 15 is 0 Å². The van der Waals surface area contributed by atoms with Gasteiger partial charge in [0.05, 0.1) is 5.69 Å². The van der Waals surface area contributed by atoms with E-state index in [1.807, 2.05) is 50.2 Å². The van der Waals surface area contributed by atoms with Gasteiger partial charge in [0.15, 0.2) is 0 Å². The molecule has 1 N–H and O–H groups in total. The van der Waals surface area contributed by atoms with Crippen molar-refractivity contribution in [1.29, 1.82) is 0 Å². The van der Waals surface area contributed by atoms with Crippen molar-refractivity contribution in [1.82, 2.24) is 0 Å². The maximum Gasteiger partial charge on any atom is 0.437 e. The Morgan fingerprint density at radius 1 is 0.760 bits per heavy atom. The first-order valence-corrected chi connectivity index (χ1v) is 9.32. The molecular formula is C21H20NO2P. The maximum absolute atomic E-state index is 11.2. The Bertz CT molecular complexity index is 916. The van der Waals surface area contributed by atoms with Crippen LogP contribution in [0.1, 0.15) is 16.7 Å². The summed E-state index contributed by atoms with van der Waals surface area (Å²) in [4.78, 5) is 11.2. The van der Waals surface area contributed by atoms with Gasteiger partial charge in [0.1, 0.15) is 0 Å². The highest BCUT2D eigenvalue weighted by atomic mass is 31.1. The molecule has 0 aliphatic heterocycles. The van der Waals surface area contributed by atoms with E-state index in [1.165, 1.54) is 11.1 Å². The van der Waals surface area contributed by atoms with Crippen LogP contribution in [0.3, 0.4) is 0 Å². The summed E-state index contributed by atoms with van der Waals surface area (Å²) in [6.07, 6.45) is 0. The SMILES string of the molecule is Cc1ccc(-c2ccc(N[P+](=O)[O-])c(-c3ccc(C)cc3)c2C)cc1. The van der Waals surface area contributed by atoms with Crippen molar-refractivity contribution in [3.63, 3.8) is 0 Å². The predicted molar refractivity (Wildman–Crippen MR) is 103 cm³/mol. The minimum atomic E-state index is -2.72. The van der Waals surface area contributed by atoms with E-state index in [2.05, 4.69) is 36.3 Å². The van der Waals surface area contributed by atoms with Crippen LogP contribution in [-0.4, -0.2) is 0 Å². The normalized spacial score (nSPS) is 11.3. The first kappa shape index (κ1) is 17.3.